The van der Waals surface area contributed by atoms with Gasteiger partial charge in [-0.3, -0.25) is 4.79 Å². The van der Waals surface area contributed by atoms with Crippen molar-refractivity contribution < 1.29 is 17.9 Å². The molecule has 1 spiro atoms. The Morgan fingerprint density at radius 3 is 2.43 bits per heavy atom. The third-order valence-corrected chi connectivity index (χ3v) is 9.20. The Labute approximate surface area is 178 Å². The van der Waals surface area contributed by atoms with Crippen LogP contribution in [0.5, 0.6) is 0 Å². The zero-order valence-corrected chi connectivity index (χ0v) is 18.5. The van der Waals surface area contributed by atoms with Crippen LogP contribution in [0, 0.1) is 5.92 Å². The van der Waals surface area contributed by atoms with Gasteiger partial charge in [0.05, 0.1) is 18.5 Å². The summed E-state index contributed by atoms with van der Waals surface area (Å²) in [5.41, 5.74) is -0.156. The largest absolute Gasteiger partial charge is 0.366 e. The quantitative estimate of drug-likeness (QED) is 0.636. The van der Waals surface area contributed by atoms with E-state index in [1.54, 1.807) is 17.8 Å². The van der Waals surface area contributed by atoms with Crippen LogP contribution >= 0.6 is 0 Å². The Balaban J connectivity index is 1.27. The van der Waals surface area contributed by atoms with Crippen molar-refractivity contribution in [1.82, 2.24) is 18.8 Å². The number of rotatable bonds is 6. The molecule has 2 saturated heterocycles. The van der Waals surface area contributed by atoms with Gasteiger partial charge in [-0.15, -0.1) is 0 Å². The zero-order valence-electron chi connectivity index (χ0n) is 17.7. The van der Waals surface area contributed by atoms with E-state index in [1.165, 1.54) is 29.9 Å². The molecule has 2 saturated carbocycles. The first-order chi connectivity index (χ1) is 14.4. The average molecular weight is 437 g/mol. The summed E-state index contributed by atoms with van der Waals surface area (Å²) in [4.78, 5) is 19.3. The predicted molar refractivity (Wildman–Crippen MR) is 110 cm³/mol. The first-order valence-electron chi connectivity index (χ1n) is 11.3. The lowest BCUT2D eigenvalue weighted by Gasteiger charge is -2.62. The fourth-order valence-electron chi connectivity index (χ4n) is 5.58. The Kier molecular flexibility index (Phi) is 5.18. The Morgan fingerprint density at radius 2 is 1.83 bits per heavy atom. The maximum Gasteiger partial charge on any atom is 0.262 e. The maximum atomic E-state index is 13.1. The lowest BCUT2D eigenvalue weighted by Crippen LogP contribution is -2.78. The van der Waals surface area contributed by atoms with Crippen LogP contribution in [0.25, 0.3) is 0 Å². The summed E-state index contributed by atoms with van der Waals surface area (Å²) < 4.78 is 35.1. The summed E-state index contributed by atoms with van der Waals surface area (Å²) >= 11 is 0. The second-order valence-electron chi connectivity index (χ2n) is 9.54. The van der Waals surface area contributed by atoms with Crippen molar-refractivity contribution in [2.75, 3.05) is 19.7 Å². The number of carbonyl (C=O) groups is 1. The third-order valence-electron chi connectivity index (χ3n) is 7.42. The molecule has 0 N–H and O–H groups in total. The maximum absolute atomic E-state index is 13.1. The Hall–Kier alpha value is -1.45. The number of ether oxygens (including phenoxy) is 1. The number of piperidine rings is 1. The van der Waals surface area contributed by atoms with E-state index in [9.17, 15) is 13.2 Å². The van der Waals surface area contributed by atoms with Crippen LogP contribution in [0.15, 0.2) is 17.6 Å². The fraction of sp³-hybridized carbons (Fsp3) is 0.810. The summed E-state index contributed by atoms with van der Waals surface area (Å²) in [5, 5.41) is 0.0979. The van der Waals surface area contributed by atoms with Crippen molar-refractivity contribution >= 4 is 15.9 Å². The van der Waals surface area contributed by atoms with Crippen molar-refractivity contribution in [3.63, 3.8) is 0 Å². The lowest BCUT2D eigenvalue weighted by atomic mass is 9.68. The summed E-state index contributed by atoms with van der Waals surface area (Å²) in [7, 11) is -1.81. The van der Waals surface area contributed by atoms with Crippen molar-refractivity contribution in [2.24, 2.45) is 13.0 Å². The molecule has 9 heteroatoms. The van der Waals surface area contributed by atoms with Gasteiger partial charge < -0.3 is 14.2 Å². The SMILES string of the molecule is Cn1cnc(S(=O)(=O)N2CCC(N3C(=O)C(OCC4CC4)C34CCCCC4)CC2)c1. The van der Waals surface area contributed by atoms with E-state index >= 15 is 0 Å². The first-order valence-corrected chi connectivity index (χ1v) is 12.8. The number of amides is 1. The van der Waals surface area contributed by atoms with E-state index in [-0.39, 0.29) is 28.6 Å². The highest BCUT2D eigenvalue weighted by atomic mass is 32.2. The number of imidazole rings is 1. The van der Waals surface area contributed by atoms with E-state index in [1.807, 2.05) is 0 Å². The van der Waals surface area contributed by atoms with Crippen LogP contribution in [0.1, 0.15) is 57.8 Å². The molecule has 30 heavy (non-hydrogen) atoms. The molecule has 1 amide bonds. The summed E-state index contributed by atoms with van der Waals surface area (Å²) in [6.45, 7) is 1.57. The van der Waals surface area contributed by atoms with E-state index < -0.39 is 10.0 Å². The van der Waals surface area contributed by atoms with Crippen molar-refractivity contribution in [3.8, 4) is 0 Å². The van der Waals surface area contributed by atoms with Crippen LogP contribution in [-0.2, 0) is 26.6 Å². The van der Waals surface area contributed by atoms with E-state index in [0.29, 0.717) is 38.5 Å². The van der Waals surface area contributed by atoms with Crippen molar-refractivity contribution in [3.05, 3.63) is 12.5 Å². The van der Waals surface area contributed by atoms with E-state index in [2.05, 4.69) is 9.88 Å². The second-order valence-corrected chi connectivity index (χ2v) is 11.4. The Morgan fingerprint density at radius 1 is 1.13 bits per heavy atom. The van der Waals surface area contributed by atoms with Gasteiger partial charge in [-0.25, -0.2) is 13.4 Å². The summed E-state index contributed by atoms with van der Waals surface area (Å²) in [6.07, 6.45) is 12.1. The van der Waals surface area contributed by atoms with Gasteiger partial charge in [0.25, 0.3) is 15.9 Å². The highest BCUT2D eigenvalue weighted by Gasteiger charge is 2.62. The third kappa shape index (κ3) is 3.39. The minimum Gasteiger partial charge on any atom is -0.366 e. The normalized spacial score (nSPS) is 28.1. The highest BCUT2D eigenvalue weighted by Crippen LogP contribution is 2.49. The zero-order chi connectivity index (χ0) is 20.9. The first kappa shape index (κ1) is 20.5. The molecule has 0 bridgehead atoms. The molecule has 3 heterocycles. The number of carbonyl (C=O) groups excluding carboxylic acids is 1. The minimum absolute atomic E-state index is 0.0979. The van der Waals surface area contributed by atoms with Gasteiger partial charge in [0.2, 0.25) is 0 Å². The molecule has 0 radical (unpaired) electrons. The van der Waals surface area contributed by atoms with Gasteiger partial charge in [-0.2, -0.15) is 4.31 Å². The topological polar surface area (TPSA) is 84.7 Å². The van der Waals surface area contributed by atoms with Crippen LogP contribution in [0.4, 0.5) is 0 Å². The van der Waals surface area contributed by atoms with Crippen LogP contribution in [0.2, 0.25) is 0 Å². The number of aryl methyl sites for hydroxylation is 1. The molecule has 1 atom stereocenters. The molecule has 1 aromatic heterocycles. The van der Waals surface area contributed by atoms with Gasteiger partial charge in [0.15, 0.2) is 11.1 Å². The van der Waals surface area contributed by atoms with Gasteiger partial charge >= 0.3 is 0 Å². The lowest BCUT2D eigenvalue weighted by molar-refractivity contribution is -0.211. The monoisotopic (exact) mass is 436 g/mol. The molecular formula is C21H32N4O4S. The summed E-state index contributed by atoms with van der Waals surface area (Å²) in [5.74, 6) is 0.774. The number of aromatic nitrogens is 2. The standard InChI is InChI=1S/C21H32N4O4S/c1-23-13-18(22-15-23)30(27,28)24-11-7-17(8-12-24)25-20(26)19(29-14-16-5-6-16)21(25)9-3-2-4-10-21/h13,15-17,19H,2-12,14H2,1H3. The van der Waals surface area contributed by atoms with Gasteiger partial charge in [0, 0.05) is 32.4 Å². The smallest absolute Gasteiger partial charge is 0.262 e. The molecule has 1 unspecified atom stereocenters. The van der Waals surface area contributed by atoms with Gasteiger partial charge in [0.1, 0.15) is 0 Å². The number of sulfonamides is 1. The summed E-state index contributed by atoms with van der Waals surface area (Å²) in [6, 6.07) is 0.103. The number of likely N-dealkylation sites (tertiary alicyclic amines) is 1. The van der Waals surface area contributed by atoms with E-state index in [0.717, 1.165) is 25.7 Å². The molecular weight excluding hydrogens is 404 g/mol. The van der Waals surface area contributed by atoms with Crippen LogP contribution in [0.3, 0.4) is 0 Å². The number of β-lactam (4-membered cyclic amide) rings is 1. The van der Waals surface area contributed by atoms with Gasteiger partial charge in [-0.05, 0) is 44.4 Å². The molecule has 1 aromatic rings. The predicted octanol–water partition coefficient (Wildman–Crippen LogP) is 1.91. The molecule has 5 rings (SSSR count). The number of hydrogen-bond donors (Lipinski definition) is 0. The number of hydrogen-bond acceptors (Lipinski definition) is 5. The molecule has 4 aliphatic rings. The molecule has 2 aliphatic carbocycles. The molecule has 4 fully saturated rings. The average Bonchev–Trinajstić information content (AvgIpc) is 3.46. The molecule has 0 aromatic carbocycles. The highest BCUT2D eigenvalue weighted by molar-refractivity contribution is 7.89. The van der Waals surface area contributed by atoms with Crippen molar-refractivity contribution in [2.45, 2.75) is 80.5 Å². The molecule has 2 aliphatic heterocycles. The van der Waals surface area contributed by atoms with Crippen LogP contribution in [-0.4, -0.2) is 70.5 Å². The second kappa shape index (κ2) is 7.60. The molecule has 8 nitrogen and oxygen atoms in total. The Bertz CT molecular complexity index is 896. The number of nitrogens with zero attached hydrogens (tertiary/aromatic N) is 4. The van der Waals surface area contributed by atoms with E-state index in [4.69, 9.17) is 4.74 Å². The minimum atomic E-state index is -3.57. The van der Waals surface area contributed by atoms with Crippen molar-refractivity contribution in [1.29, 1.82) is 0 Å². The fourth-order valence-corrected chi connectivity index (χ4v) is 7.02. The van der Waals surface area contributed by atoms with Crippen LogP contribution < -0.4 is 0 Å². The molecule has 166 valence electrons. The van der Waals surface area contributed by atoms with Gasteiger partial charge in [-0.1, -0.05) is 19.3 Å².